The number of rotatable bonds is 8. The van der Waals surface area contributed by atoms with Gasteiger partial charge in [-0.3, -0.25) is 4.99 Å². The van der Waals surface area contributed by atoms with E-state index in [-0.39, 0.29) is 0 Å². The lowest BCUT2D eigenvalue weighted by molar-refractivity contribution is 0.598. The predicted octanol–water partition coefficient (Wildman–Crippen LogP) is 1.23. The maximum atomic E-state index is 5.48. The maximum absolute atomic E-state index is 5.48. The second-order valence-corrected chi connectivity index (χ2v) is 3.99. The fourth-order valence-corrected chi connectivity index (χ4v) is 1.51. The highest BCUT2D eigenvalue weighted by Crippen LogP contribution is 1.95. The van der Waals surface area contributed by atoms with Gasteiger partial charge in [-0.1, -0.05) is 6.58 Å². The Kier molecular flexibility index (Phi) is 6.50. The average Bonchev–Trinajstić information content (AvgIpc) is 2.78. The Labute approximate surface area is 108 Å². The Balaban J connectivity index is 2.14. The molecule has 0 aliphatic rings. The summed E-state index contributed by atoms with van der Waals surface area (Å²) in [4.78, 5) is 8.11. The lowest BCUT2D eigenvalue weighted by atomic mass is 10.3. The molecule has 3 N–H and O–H groups in total. The molecule has 0 amide bonds. The van der Waals surface area contributed by atoms with Gasteiger partial charge < -0.3 is 15.6 Å². The molecule has 0 atom stereocenters. The molecule has 1 heterocycles. The molecule has 18 heavy (non-hydrogen) atoms. The van der Waals surface area contributed by atoms with Gasteiger partial charge in [-0.05, 0) is 31.7 Å². The van der Waals surface area contributed by atoms with E-state index in [9.17, 15) is 0 Å². The lowest BCUT2D eigenvalue weighted by Crippen LogP contribution is -2.20. The summed E-state index contributed by atoms with van der Waals surface area (Å²) < 4.78 is 2.09. The summed E-state index contributed by atoms with van der Waals surface area (Å²) in [6, 6.07) is 0. The van der Waals surface area contributed by atoms with Crippen LogP contribution in [0.4, 0.5) is 0 Å². The summed E-state index contributed by atoms with van der Waals surface area (Å²) in [5, 5.41) is 3.31. The highest BCUT2D eigenvalue weighted by atomic mass is 15.0. The molecule has 0 aromatic carbocycles. The van der Waals surface area contributed by atoms with Gasteiger partial charge in [0.05, 0.1) is 12.0 Å². The van der Waals surface area contributed by atoms with E-state index in [0.29, 0.717) is 0 Å². The zero-order valence-electron chi connectivity index (χ0n) is 10.8. The molecule has 0 aliphatic heterocycles. The zero-order valence-corrected chi connectivity index (χ0v) is 10.8. The first kappa shape index (κ1) is 14.2. The SMILES string of the molecule is C=CN=C/C(=C\N)CNCCCn1cnc(C)c1. The summed E-state index contributed by atoms with van der Waals surface area (Å²) in [6.07, 6.45) is 9.70. The first-order valence-electron chi connectivity index (χ1n) is 6.00. The van der Waals surface area contributed by atoms with Crippen molar-refractivity contribution in [3.8, 4) is 0 Å². The topological polar surface area (TPSA) is 68.2 Å². The fourth-order valence-electron chi connectivity index (χ4n) is 1.51. The highest BCUT2D eigenvalue weighted by molar-refractivity contribution is 5.79. The van der Waals surface area contributed by atoms with E-state index in [0.717, 1.165) is 37.3 Å². The highest BCUT2D eigenvalue weighted by Gasteiger charge is 1.95. The third-order valence-electron chi connectivity index (χ3n) is 2.42. The summed E-state index contributed by atoms with van der Waals surface area (Å²) in [7, 11) is 0. The van der Waals surface area contributed by atoms with Crippen LogP contribution in [-0.2, 0) is 6.54 Å². The van der Waals surface area contributed by atoms with Crippen LogP contribution in [0, 0.1) is 6.92 Å². The zero-order chi connectivity index (χ0) is 13.2. The van der Waals surface area contributed by atoms with Crippen LogP contribution in [-0.4, -0.2) is 28.9 Å². The second kappa shape index (κ2) is 8.25. The standard InChI is InChI=1S/C13H21N5/c1-3-15-8-13(7-14)9-16-5-4-6-18-10-12(2)17-11-18/h3,7-8,10-11,16H,1,4-6,9,14H2,2H3/b13-7+,15-8?. The summed E-state index contributed by atoms with van der Waals surface area (Å²) in [6.45, 7) is 8.12. The van der Waals surface area contributed by atoms with E-state index in [2.05, 4.69) is 26.4 Å². The van der Waals surface area contributed by atoms with Gasteiger partial charge in [0, 0.05) is 31.7 Å². The van der Waals surface area contributed by atoms with Crippen molar-refractivity contribution < 1.29 is 0 Å². The Morgan fingerprint density at radius 2 is 2.50 bits per heavy atom. The van der Waals surface area contributed by atoms with Crippen LogP contribution in [0.15, 0.2) is 42.1 Å². The van der Waals surface area contributed by atoms with Gasteiger partial charge in [-0.15, -0.1) is 0 Å². The van der Waals surface area contributed by atoms with Crippen LogP contribution in [0.1, 0.15) is 12.1 Å². The number of hydrogen-bond donors (Lipinski definition) is 2. The van der Waals surface area contributed by atoms with E-state index < -0.39 is 0 Å². The first-order chi connectivity index (χ1) is 8.76. The molecule has 0 spiro atoms. The Hall–Kier alpha value is -1.88. The molecule has 0 aliphatic carbocycles. The summed E-state index contributed by atoms with van der Waals surface area (Å²) in [5.74, 6) is 0. The molecule has 5 heteroatoms. The van der Waals surface area contributed by atoms with E-state index in [1.807, 2.05) is 19.4 Å². The van der Waals surface area contributed by atoms with Crippen molar-refractivity contribution in [2.45, 2.75) is 19.9 Å². The van der Waals surface area contributed by atoms with E-state index in [1.54, 1.807) is 12.4 Å². The molecule has 1 aromatic heterocycles. The summed E-state index contributed by atoms with van der Waals surface area (Å²) >= 11 is 0. The minimum Gasteiger partial charge on any atom is -0.404 e. The normalized spacial score (nSPS) is 12.2. The number of nitrogens with zero attached hydrogens (tertiary/aromatic N) is 3. The number of imidazole rings is 1. The minimum atomic E-state index is 0.719. The smallest absolute Gasteiger partial charge is 0.0949 e. The van der Waals surface area contributed by atoms with E-state index >= 15 is 0 Å². The molecule has 0 bridgehead atoms. The van der Waals surface area contributed by atoms with Crippen molar-refractivity contribution in [2.75, 3.05) is 13.1 Å². The quantitative estimate of drug-likeness (QED) is 0.536. The van der Waals surface area contributed by atoms with Gasteiger partial charge in [0.15, 0.2) is 0 Å². The Morgan fingerprint density at radius 3 is 3.11 bits per heavy atom. The molecular formula is C13H21N5. The lowest BCUT2D eigenvalue weighted by Gasteiger charge is -2.05. The largest absolute Gasteiger partial charge is 0.404 e. The minimum absolute atomic E-state index is 0.719. The number of hydrogen-bond acceptors (Lipinski definition) is 4. The van der Waals surface area contributed by atoms with Crippen molar-refractivity contribution in [3.05, 3.63) is 42.8 Å². The van der Waals surface area contributed by atoms with Crippen LogP contribution < -0.4 is 11.1 Å². The average molecular weight is 247 g/mol. The Morgan fingerprint density at radius 1 is 1.67 bits per heavy atom. The van der Waals surface area contributed by atoms with Gasteiger partial charge >= 0.3 is 0 Å². The molecule has 1 rings (SSSR count). The third-order valence-corrected chi connectivity index (χ3v) is 2.42. The molecular weight excluding hydrogens is 226 g/mol. The molecule has 0 fully saturated rings. The van der Waals surface area contributed by atoms with E-state index in [1.165, 1.54) is 6.20 Å². The maximum Gasteiger partial charge on any atom is 0.0949 e. The molecule has 5 nitrogen and oxygen atoms in total. The Bertz CT molecular complexity index is 417. The first-order valence-corrected chi connectivity index (χ1v) is 6.00. The number of nitrogens with two attached hydrogens (primary N) is 1. The summed E-state index contributed by atoms with van der Waals surface area (Å²) in [5.41, 5.74) is 7.49. The van der Waals surface area contributed by atoms with Crippen molar-refractivity contribution in [1.29, 1.82) is 0 Å². The number of aromatic nitrogens is 2. The number of nitrogens with one attached hydrogen (secondary N) is 1. The molecule has 0 saturated heterocycles. The molecule has 0 radical (unpaired) electrons. The third kappa shape index (κ3) is 5.45. The van der Waals surface area contributed by atoms with Gasteiger partial charge in [0.1, 0.15) is 0 Å². The number of aryl methyl sites for hydroxylation is 2. The van der Waals surface area contributed by atoms with E-state index in [4.69, 9.17) is 5.73 Å². The van der Waals surface area contributed by atoms with Crippen molar-refractivity contribution in [1.82, 2.24) is 14.9 Å². The van der Waals surface area contributed by atoms with Crippen LogP contribution in [0.5, 0.6) is 0 Å². The fraction of sp³-hybridized carbons (Fsp3) is 0.385. The molecule has 0 saturated carbocycles. The molecule has 98 valence electrons. The van der Waals surface area contributed by atoms with Gasteiger partial charge in [0.25, 0.3) is 0 Å². The molecule has 1 aromatic rings. The van der Waals surface area contributed by atoms with Gasteiger partial charge in [0.2, 0.25) is 0 Å². The predicted molar refractivity (Wildman–Crippen MR) is 75.4 cm³/mol. The molecule has 0 unspecified atom stereocenters. The van der Waals surface area contributed by atoms with Gasteiger partial charge in [-0.2, -0.15) is 0 Å². The second-order valence-electron chi connectivity index (χ2n) is 3.99. The van der Waals surface area contributed by atoms with Crippen molar-refractivity contribution in [3.63, 3.8) is 0 Å². The van der Waals surface area contributed by atoms with Crippen LogP contribution in [0.3, 0.4) is 0 Å². The van der Waals surface area contributed by atoms with Crippen molar-refractivity contribution >= 4 is 6.21 Å². The number of aliphatic imine (C=N–C) groups is 1. The van der Waals surface area contributed by atoms with Crippen molar-refractivity contribution in [2.24, 2.45) is 10.7 Å². The monoisotopic (exact) mass is 247 g/mol. The van der Waals surface area contributed by atoms with Crippen LogP contribution in [0.2, 0.25) is 0 Å². The van der Waals surface area contributed by atoms with Gasteiger partial charge in [-0.25, -0.2) is 4.98 Å². The van der Waals surface area contributed by atoms with Crippen LogP contribution in [0.25, 0.3) is 0 Å². The van der Waals surface area contributed by atoms with Crippen LogP contribution >= 0.6 is 0 Å².